The van der Waals surface area contributed by atoms with Gasteiger partial charge in [0.25, 0.3) is 5.91 Å². The van der Waals surface area contributed by atoms with Crippen LogP contribution in [0, 0.1) is 0 Å². The molecule has 8 heteroatoms. The Bertz CT molecular complexity index is 674. The molecule has 0 spiro atoms. The first-order valence-electron chi connectivity index (χ1n) is 6.19. The molecule has 116 valence electrons. The van der Waals surface area contributed by atoms with Crippen LogP contribution in [-0.4, -0.2) is 23.0 Å². The second-order valence-electron chi connectivity index (χ2n) is 4.33. The van der Waals surface area contributed by atoms with Gasteiger partial charge in [0.1, 0.15) is 5.75 Å². The van der Waals surface area contributed by atoms with Crippen molar-refractivity contribution in [1.29, 1.82) is 0 Å². The van der Waals surface area contributed by atoms with Gasteiger partial charge in [0.15, 0.2) is 0 Å². The number of carbonyl (C=O) groups is 1. The normalized spacial score (nSPS) is 11.1. The van der Waals surface area contributed by atoms with E-state index in [0.29, 0.717) is 17.5 Å². The number of hydrogen-bond donors (Lipinski definition) is 1. The first kappa shape index (κ1) is 15.7. The van der Waals surface area contributed by atoms with Crippen molar-refractivity contribution in [3.05, 3.63) is 53.6 Å². The molecule has 0 atom stereocenters. The number of halogens is 3. The molecule has 2 aromatic rings. The predicted molar refractivity (Wildman–Crippen MR) is 71.2 cm³/mol. The van der Waals surface area contributed by atoms with E-state index in [1.807, 2.05) is 0 Å². The number of nitrogens with one attached hydrogen (secondary N) is 1. The summed E-state index contributed by atoms with van der Waals surface area (Å²) in [6.45, 7) is 0.0980. The van der Waals surface area contributed by atoms with Crippen molar-refractivity contribution in [1.82, 2.24) is 15.3 Å². The monoisotopic (exact) mass is 311 g/mol. The predicted octanol–water partition coefficient (Wildman–Crippen LogP) is 2.43. The third kappa shape index (κ3) is 3.72. The lowest BCUT2D eigenvalue weighted by molar-refractivity contribution is -0.137. The van der Waals surface area contributed by atoms with Crippen LogP contribution in [0.1, 0.15) is 21.5 Å². The topological polar surface area (TPSA) is 64.1 Å². The Labute approximate surface area is 124 Å². The molecule has 0 saturated heterocycles. The van der Waals surface area contributed by atoms with Crippen LogP contribution in [-0.2, 0) is 12.7 Å². The van der Waals surface area contributed by atoms with Crippen LogP contribution in [0.25, 0.3) is 0 Å². The number of rotatable bonds is 4. The molecular formula is C14H12F3N3O2. The highest BCUT2D eigenvalue weighted by atomic mass is 19.4. The zero-order valence-electron chi connectivity index (χ0n) is 11.5. The van der Waals surface area contributed by atoms with Crippen molar-refractivity contribution >= 4 is 5.91 Å². The Morgan fingerprint density at radius 1 is 1.27 bits per heavy atom. The number of carbonyl (C=O) groups excluding carboxylic acids is 1. The van der Waals surface area contributed by atoms with E-state index in [1.165, 1.54) is 19.5 Å². The van der Waals surface area contributed by atoms with Gasteiger partial charge in [-0.15, -0.1) is 0 Å². The van der Waals surface area contributed by atoms with Gasteiger partial charge in [-0.25, -0.2) is 0 Å². The van der Waals surface area contributed by atoms with Gasteiger partial charge in [0.05, 0.1) is 24.4 Å². The maximum absolute atomic E-state index is 12.6. The highest BCUT2D eigenvalue weighted by molar-refractivity contribution is 5.94. The first-order chi connectivity index (χ1) is 10.4. The van der Waals surface area contributed by atoms with E-state index < -0.39 is 17.6 Å². The number of alkyl halides is 3. The van der Waals surface area contributed by atoms with Gasteiger partial charge < -0.3 is 10.1 Å². The van der Waals surface area contributed by atoms with Crippen LogP contribution >= 0.6 is 0 Å². The van der Waals surface area contributed by atoms with Crippen molar-refractivity contribution in [2.75, 3.05) is 7.11 Å². The van der Waals surface area contributed by atoms with E-state index in [-0.39, 0.29) is 12.1 Å². The molecule has 0 aromatic carbocycles. The SMILES string of the molecule is COc1cnccc1CNC(=O)c1cncc(C(F)(F)F)c1. The van der Waals surface area contributed by atoms with E-state index in [1.54, 1.807) is 6.07 Å². The lowest BCUT2D eigenvalue weighted by Crippen LogP contribution is -2.23. The summed E-state index contributed by atoms with van der Waals surface area (Å²) in [7, 11) is 1.46. The fourth-order valence-electron chi connectivity index (χ4n) is 1.74. The van der Waals surface area contributed by atoms with Crippen LogP contribution in [0.4, 0.5) is 13.2 Å². The smallest absolute Gasteiger partial charge is 0.417 e. The molecular weight excluding hydrogens is 299 g/mol. The van der Waals surface area contributed by atoms with Crippen molar-refractivity contribution in [3.63, 3.8) is 0 Å². The largest absolute Gasteiger partial charge is 0.495 e. The minimum Gasteiger partial charge on any atom is -0.495 e. The molecule has 0 aliphatic rings. The molecule has 0 radical (unpaired) electrons. The van der Waals surface area contributed by atoms with Crippen LogP contribution in [0.5, 0.6) is 5.75 Å². The van der Waals surface area contributed by atoms with Crippen LogP contribution < -0.4 is 10.1 Å². The number of pyridine rings is 2. The summed E-state index contributed by atoms with van der Waals surface area (Å²) in [5.74, 6) is -0.178. The standard InChI is InChI=1S/C14H12F3N3O2/c1-22-12-8-18-3-2-9(12)6-20-13(21)10-4-11(7-19-5-10)14(15,16)17/h2-5,7-8H,6H2,1H3,(H,20,21). The minimum absolute atomic E-state index is 0.0980. The van der Waals surface area contributed by atoms with Gasteiger partial charge in [0.2, 0.25) is 0 Å². The highest BCUT2D eigenvalue weighted by Gasteiger charge is 2.31. The molecule has 1 N–H and O–H groups in total. The molecule has 0 unspecified atom stereocenters. The Morgan fingerprint density at radius 2 is 2.05 bits per heavy atom. The Hall–Kier alpha value is -2.64. The summed E-state index contributed by atoms with van der Waals surface area (Å²) in [4.78, 5) is 19.2. The Morgan fingerprint density at radius 3 is 2.73 bits per heavy atom. The van der Waals surface area contributed by atoms with Gasteiger partial charge in [-0.2, -0.15) is 13.2 Å². The molecule has 2 heterocycles. The lowest BCUT2D eigenvalue weighted by atomic mass is 10.2. The lowest BCUT2D eigenvalue weighted by Gasteiger charge is -2.10. The number of methoxy groups -OCH3 is 1. The fraction of sp³-hybridized carbons (Fsp3) is 0.214. The molecule has 0 saturated carbocycles. The van der Waals surface area contributed by atoms with Crippen LogP contribution in [0.2, 0.25) is 0 Å². The van der Waals surface area contributed by atoms with E-state index in [2.05, 4.69) is 15.3 Å². The van der Waals surface area contributed by atoms with Crippen molar-refractivity contribution in [2.24, 2.45) is 0 Å². The molecule has 2 rings (SSSR count). The number of ether oxygens (including phenoxy) is 1. The summed E-state index contributed by atoms with van der Waals surface area (Å²) in [5, 5.41) is 2.51. The van der Waals surface area contributed by atoms with Crippen molar-refractivity contribution in [3.8, 4) is 5.75 Å². The number of aromatic nitrogens is 2. The third-order valence-corrected chi connectivity index (χ3v) is 2.86. The quantitative estimate of drug-likeness (QED) is 0.942. The van der Waals surface area contributed by atoms with Gasteiger partial charge >= 0.3 is 6.18 Å². The molecule has 2 aromatic heterocycles. The van der Waals surface area contributed by atoms with Gasteiger partial charge in [-0.3, -0.25) is 14.8 Å². The van der Waals surface area contributed by atoms with Crippen molar-refractivity contribution in [2.45, 2.75) is 12.7 Å². The molecule has 5 nitrogen and oxygen atoms in total. The Kier molecular flexibility index (Phi) is 4.59. The molecule has 0 aliphatic carbocycles. The zero-order valence-corrected chi connectivity index (χ0v) is 11.5. The average molecular weight is 311 g/mol. The summed E-state index contributed by atoms with van der Waals surface area (Å²) in [6, 6.07) is 2.40. The average Bonchev–Trinajstić information content (AvgIpc) is 2.52. The Balaban J connectivity index is 2.10. The molecule has 1 amide bonds. The minimum atomic E-state index is -4.54. The van der Waals surface area contributed by atoms with Crippen molar-refractivity contribution < 1.29 is 22.7 Å². The zero-order chi connectivity index (χ0) is 16.2. The van der Waals surface area contributed by atoms with E-state index >= 15 is 0 Å². The second kappa shape index (κ2) is 6.42. The molecule has 22 heavy (non-hydrogen) atoms. The summed E-state index contributed by atoms with van der Waals surface area (Å²) in [6.07, 6.45) is 0.206. The van der Waals surface area contributed by atoms with Gasteiger partial charge in [0, 0.05) is 30.7 Å². The van der Waals surface area contributed by atoms with E-state index in [0.717, 1.165) is 12.3 Å². The third-order valence-electron chi connectivity index (χ3n) is 2.86. The molecule has 0 bridgehead atoms. The summed E-state index contributed by atoms with van der Waals surface area (Å²) < 4.78 is 42.8. The maximum Gasteiger partial charge on any atom is 0.417 e. The second-order valence-corrected chi connectivity index (χ2v) is 4.33. The number of amides is 1. The number of nitrogens with zero attached hydrogens (tertiary/aromatic N) is 2. The fourth-order valence-corrected chi connectivity index (χ4v) is 1.74. The van der Waals surface area contributed by atoms with Crippen LogP contribution in [0.3, 0.4) is 0 Å². The van der Waals surface area contributed by atoms with Gasteiger partial charge in [-0.1, -0.05) is 0 Å². The molecule has 0 aliphatic heterocycles. The highest BCUT2D eigenvalue weighted by Crippen LogP contribution is 2.28. The summed E-state index contributed by atoms with van der Waals surface area (Å²) in [5.41, 5.74) is -0.477. The first-order valence-corrected chi connectivity index (χ1v) is 6.19. The van der Waals surface area contributed by atoms with Crippen LogP contribution in [0.15, 0.2) is 36.9 Å². The van der Waals surface area contributed by atoms with E-state index in [9.17, 15) is 18.0 Å². The maximum atomic E-state index is 12.6. The molecule has 0 fully saturated rings. The van der Waals surface area contributed by atoms with E-state index in [4.69, 9.17) is 4.74 Å². The number of hydrogen-bond acceptors (Lipinski definition) is 4. The summed E-state index contributed by atoms with van der Waals surface area (Å²) >= 11 is 0. The van der Waals surface area contributed by atoms with Gasteiger partial charge in [-0.05, 0) is 12.1 Å².